The Balaban J connectivity index is 1.66. The number of Topliss-reactive ketones (excluding diaryl/α,β-unsaturated/α-hetero) is 1. The molecule has 192 valence electrons. The molecule has 0 bridgehead atoms. The molecule has 0 saturated heterocycles. The molecule has 3 atom stereocenters. The van der Waals surface area contributed by atoms with E-state index in [0.29, 0.717) is 12.1 Å². The first-order valence-corrected chi connectivity index (χ1v) is 12.6. The van der Waals surface area contributed by atoms with E-state index in [9.17, 15) is 28.6 Å². The summed E-state index contributed by atoms with van der Waals surface area (Å²) in [4.78, 5) is 24.9. The first kappa shape index (κ1) is 27.6. The quantitative estimate of drug-likeness (QED) is 0.261. The van der Waals surface area contributed by atoms with Crippen molar-refractivity contribution in [3.8, 4) is 0 Å². The molecule has 36 heavy (non-hydrogen) atoms. The fraction of sp³-hybridized carbons (Fsp3) is 0.333. The Morgan fingerprint density at radius 2 is 1.72 bits per heavy atom. The Morgan fingerprint density at radius 3 is 2.39 bits per heavy atom. The van der Waals surface area contributed by atoms with Crippen molar-refractivity contribution in [3.63, 3.8) is 0 Å². The van der Waals surface area contributed by atoms with Gasteiger partial charge < -0.3 is 20.8 Å². The fourth-order valence-corrected chi connectivity index (χ4v) is 4.48. The minimum Gasteiger partial charge on any atom is -0.390 e. The molecular formula is C27H30F2N2O4S. The van der Waals surface area contributed by atoms with E-state index in [1.54, 1.807) is 16.8 Å². The Labute approximate surface area is 213 Å². The Bertz CT molecular complexity index is 1140. The van der Waals surface area contributed by atoms with Crippen molar-refractivity contribution in [2.75, 3.05) is 6.54 Å². The molecule has 6 nitrogen and oxygen atoms in total. The number of amides is 1. The smallest absolute Gasteiger partial charge is 0.249 e. The van der Waals surface area contributed by atoms with Crippen LogP contribution in [0.25, 0.3) is 0 Å². The fourth-order valence-electron chi connectivity index (χ4n) is 3.82. The Morgan fingerprint density at radius 1 is 1.00 bits per heavy atom. The summed E-state index contributed by atoms with van der Waals surface area (Å²) >= 11 is 1.33. The summed E-state index contributed by atoms with van der Waals surface area (Å²) in [6, 6.07) is 11.6. The van der Waals surface area contributed by atoms with E-state index >= 15 is 0 Å². The first-order chi connectivity index (χ1) is 17.2. The number of carbonyl (C=O) groups is 2. The van der Waals surface area contributed by atoms with Crippen molar-refractivity contribution in [2.24, 2.45) is 0 Å². The summed E-state index contributed by atoms with van der Waals surface area (Å²) < 4.78 is 27.4. The number of hydrogen-bond acceptors (Lipinski definition) is 6. The number of carbonyl (C=O) groups excluding carboxylic acids is 2. The van der Waals surface area contributed by atoms with Gasteiger partial charge in [0.05, 0.1) is 12.1 Å². The lowest BCUT2D eigenvalue weighted by atomic mass is 9.99. The average molecular weight is 517 g/mol. The second kappa shape index (κ2) is 13.4. The lowest BCUT2D eigenvalue weighted by Crippen LogP contribution is -2.51. The van der Waals surface area contributed by atoms with Gasteiger partial charge in [0.1, 0.15) is 17.7 Å². The zero-order chi connectivity index (χ0) is 26.1. The molecular weight excluding hydrogens is 486 g/mol. The van der Waals surface area contributed by atoms with Crippen LogP contribution in [0.4, 0.5) is 8.78 Å². The molecule has 4 N–H and O–H groups in total. The molecule has 1 heterocycles. The van der Waals surface area contributed by atoms with Crippen molar-refractivity contribution in [2.45, 2.75) is 51.0 Å². The van der Waals surface area contributed by atoms with Crippen molar-refractivity contribution in [1.82, 2.24) is 10.6 Å². The molecule has 0 aliphatic heterocycles. The van der Waals surface area contributed by atoms with Gasteiger partial charge in [0.25, 0.3) is 0 Å². The lowest BCUT2D eigenvalue weighted by Gasteiger charge is -2.26. The number of nitrogens with one attached hydrogen (secondary N) is 2. The largest absolute Gasteiger partial charge is 0.390 e. The van der Waals surface area contributed by atoms with E-state index in [1.807, 2.05) is 18.2 Å². The molecule has 3 rings (SSSR count). The minimum atomic E-state index is -1.64. The van der Waals surface area contributed by atoms with Crippen molar-refractivity contribution in [3.05, 3.63) is 93.2 Å². The van der Waals surface area contributed by atoms with Gasteiger partial charge in [0, 0.05) is 36.5 Å². The number of halogens is 2. The number of thiophene rings is 1. The standard InChI is InChI=1S/C27H30F2N2O4S/c1-2-17-4-3-5-18(8-17)14-30-15-26(34)23(11-19-9-21(28)12-22(29)10-19)31-27(35)25(33)13-24(32)20-6-7-36-16-20/h3-10,12,16,23,25-26,30,33-34H,2,11,13-15H2,1H3,(H,31,35)/t23-,25?,26+/m0/s1. The number of aliphatic hydroxyl groups is 2. The number of aliphatic hydroxyl groups excluding tert-OH is 2. The molecule has 1 aromatic heterocycles. The van der Waals surface area contributed by atoms with Crippen LogP contribution in [0.15, 0.2) is 59.3 Å². The molecule has 1 unspecified atom stereocenters. The molecule has 9 heteroatoms. The third-order valence-electron chi connectivity index (χ3n) is 5.78. The van der Waals surface area contributed by atoms with Crippen LogP contribution in [0, 0.1) is 11.6 Å². The van der Waals surface area contributed by atoms with E-state index in [1.165, 1.54) is 16.9 Å². The highest BCUT2D eigenvalue weighted by atomic mass is 32.1. The summed E-state index contributed by atoms with van der Waals surface area (Å²) in [6.07, 6.45) is -2.40. The van der Waals surface area contributed by atoms with Crippen LogP contribution in [0.1, 0.15) is 40.4 Å². The van der Waals surface area contributed by atoms with Crippen LogP contribution in [-0.4, -0.2) is 46.7 Å². The zero-order valence-corrected chi connectivity index (χ0v) is 20.7. The Kier molecular flexibility index (Phi) is 10.2. The van der Waals surface area contributed by atoms with Crippen LogP contribution in [0.3, 0.4) is 0 Å². The van der Waals surface area contributed by atoms with Crippen molar-refractivity contribution < 1.29 is 28.6 Å². The van der Waals surface area contributed by atoms with Gasteiger partial charge in [0.2, 0.25) is 5.91 Å². The highest BCUT2D eigenvalue weighted by molar-refractivity contribution is 7.08. The maximum Gasteiger partial charge on any atom is 0.249 e. The summed E-state index contributed by atoms with van der Waals surface area (Å²) in [5.74, 6) is -2.80. The minimum absolute atomic E-state index is 0.0724. The van der Waals surface area contributed by atoms with Crippen molar-refractivity contribution in [1.29, 1.82) is 0 Å². The Hall–Kier alpha value is -2.98. The zero-order valence-electron chi connectivity index (χ0n) is 19.9. The normalized spacial score (nSPS) is 13.7. The third kappa shape index (κ3) is 8.30. The maximum atomic E-state index is 13.7. The van der Waals surface area contributed by atoms with E-state index < -0.39 is 42.2 Å². The second-order valence-electron chi connectivity index (χ2n) is 8.62. The van der Waals surface area contributed by atoms with Gasteiger partial charge >= 0.3 is 0 Å². The molecule has 2 aromatic carbocycles. The van der Waals surface area contributed by atoms with E-state index in [4.69, 9.17) is 0 Å². The summed E-state index contributed by atoms with van der Waals surface area (Å²) in [5.41, 5.74) is 2.84. The van der Waals surface area contributed by atoms with E-state index in [2.05, 4.69) is 23.6 Å². The number of ketones is 1. The summed E-state index contributed by atoms with van der Waals surface area (Å²) in [6.45, 7) is 2.60. The molecule has 0 spiro atoms. The highest BCUT2D eigenvalue weighted by Gasteiger charge is 2.27. The second-order valence-corrected chi connectivity index (χ2v) is 9.40. The first-order valence-electron chi connectivity index (χ1n) is 11.7. The lowest BCUT2D eigenvalue weighted by molar-refractivity contribution is -0.130. The van der Waals surface area contributed by atoms with Crippen LogP contribution >= 0.6 is 11.3 Å². The molecule has 0 saturated carbocycles. The van der Waals surface area contributed by atoms with Gasteiger partial charge in [0.15, 0.2) is 5.78 Å². The van der Waals surface area contributed by atoms with Gasteiger partial charge in [-0.05, 0) is 53.1 Å². The van der Waals surface area contributed by atoms with Crippen molar-refractivity contribution >= 4 is 23.0 Å². The number of rotatable bonds is 13. The molecule has 1 amide bonds. The predicted molar refractivity (Wildman–Crippen MR) is 135 cm³/mol. The molecule has 0 radical (unpaired) electrons. The predicted octanol–water partition coefficient (Wildman–Crippen LogP) is 3.40. The number of aryl methyl sites for hydroxylation is 1. The molecule has 3 aromatic rings. The van der Waals surface area contributed by atoms with Crippen LogP contribution in [0.5, 0.6) is 0 Å². The van der Waals surface area contributed by atoms with Crippen LogP contribution in [-0.2, 0) is 24.2 Å². The monoisotopic (exact) mass is 516 g/mol. The van der Waals surface area contributed by atoms with E-state index in [-0.39, 0.29) is 24.3 Å². The maximum absolute atomic E-state index is 13.7. The molecule has 0 aliphatic carbocycles. The summed E-state index contributed by atoms with van der Waals surface area (Å²) in [7, 11) is 0. The highest BCUT2D eigenvalue weighted by Crippen LogP contribution is 2.14. The van der Waals surface area contributed by atoms with Gasteiger partial charge in [-0.1, -0.05) is 31.2 Å². The SMILES string of the molecule is CCc1cccc(CNC[C@@H](O)[C@H](Cc2cc(F)cc(F)c2)NC(=O)C(O)CC(=O)c2ccsc2)c1. The third-order valence-corrected chi connectivity index (χ3v) is 6.46. The van der Waals surface area contributed by atoms with Crippen LogP contribution < -0.4 is 10.6 Å². The molecule has 0 fully saturated rings. The number of benzene rings is 2. The van der Waals surface area contributed by atoms with Gasteiger partial charge in [-0.3, -0.25) is 9.59 Å². The van der Waals surface area contributed by atoms with Crippen LogP contribution in [0.2, 0.25) is 0 Å². The molecule has 0 aliphatic rings. The van der Waals surface area contributed by atoms with E-state index in [0.717, 1.165) is 30.2 Å². The summed E-state index contributed by atoms with van der Waals surface area (Å²) in [5, 5.41) is 30.2. The van der Waals surface area contributed by atoms with Gasteiger partial charge in [-0.25, -0.2) is 8.78 Å². The van der Waals surface area contributed by atoms with Gasteiger partial charge in [-0.2, -0.15) is 11.3 Å². The topological polar surface area (TPSA) is 98.7 Å². The average Bonchev–Trinajstić information content (AvgIpc) is 3.38. The van der Waals surface area contributed by atoms with Gasteiger partial charge in [-0.15, -0.1) is 0 Å². The number of hydrogen-bond donors (Lipinski definition) is 4.